The molecule has 2 heterocycles. The third-order valence-electron chi connectivity index (χ3n) is 3.19. The van der Waals surface area contributed by atoms with Gasteiger partial charge in [-0.1, -0.05) is 11.8 Å². The average Bonchev–Trinajstić information content (AvgIpc) is 3.19. The maximum Gasteiger partial charge on any atom is 0.239 e. The molecule has 0 aliphatic carbocycles. The normalized spacial score (nSPS) is 12.2. The summed E-state index contributed by atoms with van der Waals surface area (Å²) in [6.45, 7) is 3.70. The fraction of sp³-hybridized carbons (Fsp3) is 0.188. The minimum Gasteiger partial charge on any atom is -0.301 e. The van der Waals surface area contributed by atoms with Crippen molar-refractivity contribution in [2.24, 2.45) is 0 Å². The number of aromatic nitrogens is 2. The number of carbonyl (C=O) groups is 1. The lowest BCUT2D eigenvalue weighted by Gasteiger charge is -2.08. The standard InChI is InChI=1S/C16H13F2N3OS3/c1-8-6-24-16(19-8)25-9(2)14(22)21-15-20-13(7-23-15)10-3-4-11(17)12(18)5-10/h3-7,9H,1-2H3,(H,20,21,22). The molecule has 4 nitrogen and oxygen atoms in total. The van der Waals surface area contributed by atoms with Crippen LogP contribution in [-0.4, -0.2) is 21.1 Å². The number of nitrogens with zero attached hydrogens (tertiary/aromatic N) is 2. The number of amides is 1. The molecule has 3 aromatic rings. The van der Waals surface area contributed by atoms with Gasteiger partial charge in [-0.05, 0) is 32.0 Å². The fourth-order valence-electron chi connectivity index (χ4n) is 1.92. The molecule has 0 radical (unpaired) electrons. The van der Waals surface area contributed by atoms with Gasteiger partial charge in [0.05, 0.1) is 10.9 Å². The molecule has 1 amide bonds. The molecule has 2 aromatic heterocycles. The molecular weight excluding hydrogens is 384 g/mol. The Morgan fingerprint density at radius 3 is 2.68 bits per heavy atom. The van der Waals surface area contributed by atoms with Crippen LogP contribution in [0.15, 0.2) is 33.3 Å². The van der Waals surface area contributed by atoms with Crippen LogP contribution in [0.3, 0.4) is 0 Å². The van der Waals surface area contributed by atoms with Gasteiger partial charge in [-0.3, -0.25) is 4.79 Å². The minimum atomic E-state index is -0.931. The number of nitrogens with one attached hydrogen (secondary N) is 1. The predicted molar refractivity (Wildman–Crippen MR) is 98.3 cm³/mol. The highest BCUT2D eigenvalue weighted by atomic mass is 32.2. The van der Waals surface area contributed by atoms with Gasteiger partial charge in [-0.15, -0.1) is 22.7 Å². The Labute approximate surface area is 155 Å². The molecule has 0 aliphatic rings. The van der Waals surface area contributed by atoms with Crippen LogP contribution in [-0.2, 0) is 4.79 Å². The largest absolute Gasteiger partial charge is 0.301 e. The van der Waals surface area contributed by atoms with E-state index in [1.54, 1.807) is 12.3 Å². The number of carbonyl (C=O) groups excluding carboxylic acids is 1. The van der Waals surface area contributed by atoms with Crippen LogP contribution in [0.5, 0.6) is 0 Å². The molecule has 1 aromatic carbocycles. The van der Waals surface area contributed by atoms with Crippen LogP contribution in [0, 0.1) is 18.6 Å². The molecule has 0 saturated heterocycles. The van der Waals surface area contributed by atoms with Gasteiger partial charge in [0.25, 0.3) is 0 Å². The smallest absolute Gasteiger partial charge is 0.239 e. The van der Waals surface area contributed by atoms with Crippen LogP contribution in [0.2, 0.25) is 0 Å². The van der Waals surface area contributed by atoms with Crippen molar-refractivity contribution >= 4 is 45.5 Å². The zero-order valence-electron chi connectivity index (χ0n) is 13.2. The van der Waals surface area contributed by atoms with Crippen LogP contribution in [0.25, 0.3) is 11.3 Å². The number of hydrogen-bond acceptors (Lipinski definition) is 6. The van der Waals surface area contributed by atoms with Crippen molar-refractivity contribution in [2.45, 2.75) is 23.4 Å². The molecule has 0 bridgehead atoms. The lowest BCUT2D eigenvalue weighted by molar-refractivity contribution is -0.115. The highest BCUT2D eigenvalue weighted by Gasteiger charge is 2.18. The van der Waals surface area contributed by atoms with Gasteiger partial charge in [0.15, 0.2) is 21.1 Å². The molecular formula is C16H13F2N3OS3. The van der Waals surface area contributed by atoms with Gasteiger partial charge in [0.2, 0.25) is 5.91 Å². The number of thiazole rings is 2. The molecule has 1 N–H and O–H groups in total. The van der Waals surface area contributed by atoms with Crippen LogP contribution in [0.4, 0.5) is 13.9 Å². The zero-order chi connectivity index (χ0) is 18.0. The number of aryl methyl sites for hydroxylation is 1. The van der Waals surface area contributed by atoms with E-state index in [-0.39, 0.29) is 11.2 Å². The summed E-state index contributed by atoms with van der Waals surface area (Å²) in [7, 11) is 0. The van der Waals surface area contributed by atoms with E-state index in [2.05, 4.69) is 15.3 Å². The number of halogens is 2. The van der Waals surface area contributed by atoms with Gasteiger partial charge in [0.1, 0.15) is 0 Å². The average molecular weight is 397 g/mol. The molecule has 0 saturated carbocycles. The Bertz CT molecular complexity index is 910. The molecule has 0 aliphatic heterocycles. The van der Waals surface area contributed by atoms with Gasteiger partial charge in [-0.2, -0.15) is 0 Å². The van der Waals surface area contributed by atoms with Gasteiger partial charge in [-0.25, -0.2) is 18.7 Å². The van der Waals surface area contributed by atoms with Gasteiger partial charge < -0.3 is 5.32 Å². The number of hydrogen-bond donors (Lipinski definition) is 1. The lowest BCUT2D eigenvalue weighted by Crippen LogP contribution is -2.22. The quantitative estimate of drug-likeness (QED) is 0.618. The lowest BCUT2D eigenvalue weighted by atomic mass is 10.2. The summed E-state index contributed by atoms with van der Waals surface area (Å²) in [4.78, 5) is 20.9. The molecule has 0 spiro atoms. The first kappa shape index (κ1) is 18.0. The van der Waals surface area contributed by atoms with E-state index in [1.807, 2.05) is 12.3 Å². The highest BCUT2D eigenvalue weighted by Crippen LogP contribution is 2.29. The maximum absolute atomic E-state index is 13.3. The first-order valence-electron chi connectivity index (χ1n) is 7.23. The topological polar surface area (TPSA) is 54.9 Å². The number of thioether (sulfide) groups is 1. The maximum atomic E-state index is 13.3. The molecule has 130 valence electrons. The van der Waals surface area contributed by atoms with Crippen molar-refractivity contribution in [3.8, 4) is 11.3 Å². The summed E-state index contributed by atoms with van der Waals surface area (Å²) in [5.41, 5.74) is 1.86. The second kappa shape index (κ2) is 7.59. The van der Waals surface area contributed by atoms with E-state index >= 15 is 0 Å². The van der Waals surface area contributed by atoms with E-state index in [4.69, 9.17) is 0 Å². The summed E-state index contributed by atoms with van der Waals surface area (Å²) >= 11 is 4.11. The van der Waals surface area contributed by atoms with Gasteiger partial charge >= 0.3 is 0 Å². The van der Waals surface area contributed by atoms with Crippen molar-refractivity contribution < 1.29 is 13.6 Å². The van der Waals surface area contributed by atoms with E-state index in [0.29, 0.717) is 16.4 Å². The molecule has 1 unspecified atom stereocenters. The third kappa shape index (κ3) is 4.42. The first-order valence-corrected chi connectivity index (χ1v) is 9.87. The van der Waals surface area contributed by atoms with E-state index in [9.17, 15) is 13.6 Å². The van der Waals surface area contributed by atoms with Crippen molar-refractivity contribution in [3.05, 3.63) is 46.3 Å². The SMILES string of the molecule is Cc1csc(SC(C)C(=O)Nc2nc(-c3ccc(F)c(F)c3)cs2)n1. The summed E-state index contributed by atoms with van der Waals surface area (Å²) in [6.07, 6.45) is 0. The predicted octanol–water partition coefficient (Wildman–Crippen LogP) is 4.97. The Balaban J connectivity index is 1.66. The molecule has 1 atom stereocenters. The van der Waals surface area contributed by atoms with E-state index in [0.717, 1.165) is 22.2 Å². The molecule has 9 heteroatoms. The van der Waals surface area contributed by atoms with Crippen LogP contribution >= 0.6 is 34.4 Å². The fourth-order valence-corrected chi connectivity index (χ4v) is 4.63. The number of benzene rings is 1. The van der Waals surface area contributed by atoms with Gasteiger partial charge in [0, 0.05) is 22.0 Å². The molecule has 3 rings (SSSR count). The molecule has 0 fully saturated rings. The second-order valence-electron chi connectivity index (χ2n) is 5.17. The Kier molecular flexibility index (Phi) is 5.45. The highest BCUT2D eigenvalue weighted by molar-refractivity contribution is 8.02. The van der Waals surface area contributed by atoms with Crippen molar-refractivity contribution in [2.75, 3.05) is 5.32 Å². The number of anilines is 1. The Hall–Kier alpha value is -1.84. The number of rotatable bonds is 5. The molecule has 25 heavy (non-hydrogen) atoms. The Morgan fingerprint density at radius 1 is 1.20 bits per heavy atom. The van der Waals surface area contributed by atoms with Crippen molar-refractivity contribution in [1.82, 2.24) is 9.97 Å². The van der Waals surface area contributed by atoms with E-state index < -0.39 is 11.6 Å². The second-order valence-corrected chi connectivity index (χ2v) is 8.48. The summed E-state index contributed by atoms with van der Waals surface area (Å²) < 4.78 is 27.2. The van der Waals surface area contributed by atoms with Crippen molar-refractivity contribution in [1.29, 1.82) is 0 Å². The monoisotopic (exact) mass is 397 g/mol. The zero-order valence-corrected chi connectivity index (χ0v) is 15.7. The van der Waals surface area contributed by atoms with E-state index in [1.165, 1.54) is 40.5 Å². The summed E-state index contributed by atoms with van der Waals surface area (Å²) in [5.74, 6) is -2.03. The van der Waals surface area contributed by atoms with Crippen molar-refractivity contribution in [3.63, 3.8) is 0 Å². The minimum absolute atomic E-state index is 0.191. The summed E-state index contributed by atoms with van der Waals surface area (Å²) in [6, 6.07) is 3.58. The summed E-state index contributed by atoms with van der Waals surface area (Å²) in [5, 5.41) is 6.44. The Morgan fingerprint density at radius 2 is 2.00 bits per heavy atom. The van der Waals surface area contributed by atoms with Crippen LogP contribution < -0.4 is 5.32 Å². The third-order valence-corrected chi connectivity index (χ3v) is 6.14. The van der Waals surface area contributed by atoms with Crippen LogP contribution in [0.1, 0.15) is 12.6 Å². The first-order chi connectivity index (χ1) is 11.9.